The van der Waals surface area contributed by atoms with Gasteiger partial charge in [0.15, 0.2) is 0 Å². The first-order chi connectivity index (χ1) is 8.13. The van der Waals surface area contributed by atoms with E-state index in [4.69, 9.17) is 15.6 Å². The molecule has 0 unspecified atom stereocenters. The lowest BCUT2D eigenvalue weighted by Crippen LogP contribution is -2.22. The van der Waals surface area contributed by atoms with Gasteiger partial charge in [-0.25, -0.2) is 0 Å². The summed E-state index contributed by atoms with van der Waals surface area (Å²) < 4.78 is 5.24. The Labute approximate surface area is 100 Å². The predicted octanol–water partition coefficient (Wildman–Crippen LogP) is 1.66. The average Bonchev–Trinajstić information content (AvgIpc) is 2.36. The second kappa shape index (κ2) is 4.75. The maximum atomic E-state index is 11.0. The van der Waals surface area contributed by atoms with E-state index in [9.17, 15) is 4.79 Å². The van der Waals surface area contributed by atoms with E-state index in [0.717, 1.165) is 19.3 Å². The van der Waals surface area contributed by atoms with E-state index in [1.807, 2.05) is 12.1 Å². The average molecular weight is 235 g/mol. The summed E-state index contributed by atoms with van der Waals surface area (Å²) in [4.78, 5) is 11.0. The highest BCUT2D eigenvalue weighted by Crippen LogP contribution is 2.31. The lowest BCUT2D eigenvalue weighted by atomic mass is 9.88. The lowest BCUT2D eigenvalue weighted by Gasteiger charge is -2.20. The highest BCUT2D eigenvalue weighted by molar-refractivity contribution is 5.76. The Morgan fingerprint density at radius 1 is 1.35 bits per heavy atom. The van der Waals surface area contributed by atoms with Gasteiger partial charge in [0.1, 0.15) is 11.8 Å². The zero-order valence-electron chi connectivity index (χ0n) is 9.90. The molecule has 1 aromatic carbocycles. The number of hydrogen-bond acceptors (Lipinski definition) is 3. The summed E-state index contributed by atoms with van der Waals surface area (Å²) in [6.07, 6.45) is 4.37. The zero-order valence-corrected chi connectivity index (χ0v) is 9.90. The van der Waals surface area contributed by atoms with E-state index in [1.165, 1.54) is 17.5 Å². The quantitative estimate of drug-likeness (QED) is 0.835. The van der Waals surface area contributed by atoms with E-state index in [2.05, 4.69) is 0 Å². The van der Waals surface area contributed by atoms with Crippen LogP contribution in [0.1, 0.15) is 35.6 Å². The largest absolute Gasteiger partial charge is 0.496 e. The molecule has 2 rings (SSSR count). The van der Waals surface area contributed by atoms with Gasteiger partial charge in [0, 0.05) is 5.56 Å². The number of fused-ring (bicyclic) bond motifs is 1. The van der Waals surface area contributed by atoms with Crippen LogP contribution in [0.4, 0.5) is 0 Å². The zero-order chi connectivity index (χ0) is 12.4. The van der Waals surface area contributed by atoms with Crippen molar-refractivity contribution >= 4 is 5.97 Å². The van der Waals surface area contributed by atoms with E-state index >= 15 is 0 Å². The van der Waals surface area contributed by atoms with Gasteiger partial charge in [-0.3, -0.25) is 4.79 Å². The Bertz CT molecular complexity index is 443. The van der Waals surface area contributed by atoms with E-state index < -0.39 is 12.0 Å². The molecule has 92 valence electrons. The monoisotopic (exact) mass is 235 g/mol. The third-order valence-corrected chi connectivity index (χ3v) is 3.30. The van der Waals surface area contributed by atoms with Crippen molar-refractivity contribution in [1.29, 1.82) is 0 Å². The summed E-state index contributed by atoms with van der Waals surface area (Å²) >= 11 is 0. The molecule has 1 aliphatic carbocycles. The smallest absolute Gasteiger partial charge is 0.325 e. The Morgan fingerprint density at radius 3 is 2.47 bits per heavy atom. The van der Waals surface area contributed by atoms with Gasteiger partial charge in [0.05, 0.1) is 7.11 Å². The van der Waals surface area contributed by atoms with Crippen molar-refractivity contribution in [2.45, 2.75) is 31.7 Å². The van der Waals surface area contributed by atoms with Crippen LogP contribution in [0.5, 0.6) is 5.75 Å². The number of carbonyl (C=O) groups is 1. The van der Waals surface area contributed by atoms with Gasteiger partial charge >= 0.3 is 5.97 Å². The fourth-order valence-electron chi connectivity index (χ4n) is 2.34. The van der Waals surface area contributed by atoms with Gasteiger partial charge in [-0.2, -0.15) is 0 Å². The summed E-state index contributed by atoms with van der Waals surface area (Å²) in [5.74, 6) is -0.445. The van der Waals surface area contributed by atoms with Crippen LogP contribution in [0.15, 0.2) is 12.1 Å². The number of methoxy groups -OCH3 is 1. The van der Waals surface area contributed by atoms with E-state index in [1.54, 1.807) is 7.11 Å². The number of aliphatic carboxylic acids is 1. The SMILES string of the molecule is COc1cc2c(cc1[C@H](N)C(=O)O)CCCC2. The molecule has 0 saturated heterocycles. The van der Waals surface area contributed by atoms with E-state index in [-0.39, 0.29) is 0 Å². The molecule has 0 aromatic heterocycles. The highest BCUT2D eigenvalue weighted by atomic mass is 16.5. The molecule has 0 spiro atoms. The molecule has 4 heteroatoms. The maximum absolute atomic E-state index is 11.0. The number of ether oxygens (including phenoxy) is 1. The number of nitrogens with two attached hydrogens (primary N) is 1. The molecule has 0 amide bonds. The summed E-state index contributed by atoms with van der Waals surface area (Å²) in [6.45, 7) is 0. The first-order valence-corrected chi connectivity index (χ1v) is 5.81. The molecule has 1 atom stereocenters. The van der Waals surface area contributed by atoms with Gasteiger partial charge < -0.3 is 15.6 Å². The molecule has 0 fully saturated rings. The van der Waals surface area contributed by atoms with Crippen molar-refractivity contribution in [2.24, 2.45) is 5.73 Å². The van der Waals surface area contributed by atoms with Gasteiger partial charge in [-0.15, -0.1) is 0 Å². The van der Waals surface area contributed by atoms with Crippen LogP contribution in [-0.4, -0.2) is 18.2 Å². The minimum absolute atomic E-state index is 0.570. The summed E-state index contributed by atoms with van der Waals surface area (Å²) in [7, 11) is 1.54. The molecule has 0 radical (unpaired) electrons. The number of carboxylic acids is 1. The van der Waals surface area contributed by atoms with Crippen LogP contribution >= 0.6 is 0 Å². The predicted molar refractivity (Wildman–Crippen MR) is 64.2 cm³/mol. The summed E-state index contributed by atoms with van der Waals surface area (Å²) in [5, 5.41) is 8.98. The molecule has 3 N–H and O–H groups in total. The number of hydrogen-bond donors (Lipinski definition) is 2. The van der Waals surface area contributed by atoms with Gasteiger partial charge in [-0.1, -0.05) is 0 Å². The first kappa shape index (κ1) is 11.9. The topological polar surface area (TPSA) is 72.5 Å². The molecule has 0 heterocycles. The van der Waals surface area contributed by atoms with Crippen LogP contribution in [-0.2, 0) is 17.6 Å². The number of rotatable bonds is 3. The van der Waals surface area contributed by atoms with Crippen molar-refractivity contribution in [1.82, 2.24) is 0 Å². The van der Waals surface area contributed by atoms with Crippen LogP contribution in [0.3, 0.4) is 0 Å². The molecule has 1 aromatic rings. The Morgan fingerprint density at radius 2 is 1.94 bits per heavy atom. The van der Waals surface area contributed by atoms with Gasteiger partial charge in [-0.05, 0) is 48.9 Å². The summed E-state index contributed by atoms with van der Waals surface area (Å²) in [6, 6.07) is 2.82. The fourth-order valence-corrected chi connectivity index (χ4v) is 2.34. The second-order valence-electron chi connectivity index (χ2n) is 4.39. The molecule has 0 bridgehead atoms. The van der Waals surface area contributed by atoms with Gasteiger partial charge in [0.2, 0.25) is 0 Å². The Hall–Kier alpha value is -1.55. The molecular weight excluding hydrogens is 218 g/mol. The minimum atomic E-state index is -1.03. The number of aryl methyl sites for hydroxylation is 2. The number of benzene rings is 1. The second-order valence-corrected chi connectivity index (χ2v) is 4.39. The van der Waals surface area contributed by atoms with Crippen LogP contribution in [0.2, 0.25) is 0 Å². The van der Waals surface area contributed by atoms with Crippen LogP contribution in [0.25, 0.3) is 0 Å². The van der Waals surface area contributed by atoms with Crippen molar-refractivity contribution in [2.75, 3.05) is 7.11 Å². The molecule has 1 aliphatic rings. The normalized spacial score (nSPS) is 16.1. The molecular formula is C13H17NO3. The van der Waals surface area contributed by atoms with Crippen molar-refractivity contribution < 1.29 is 14.6 Å². The lowest BCUT2D eigenvalue weighted by molar-refractivity contribution is -0.138. The van der Waals surface area contributed by atoms with Crippen molar-refractivity contribution in [3.8, 4) is 5.75 Å². The van der Waals surface area contributed by atoms with Crippen LogP contribution in [0, 0.1) is 0 Å². The Balaban J connectivity index is 2.46. The van der Waals surface area contributed by atoms with E-state index in [0.29, 0.717) is 11.3 Å². The van der Waals surface area contributed by atoms with Crippen LogP contribution < -0.4 is 10.5 Å². The minimum Gasteiger partial charge on any atom is -0.496 e. The van der Waals surface area contributed by atoms with Crippen molar-refractivity contribution in [3.05, 3.63) is 28.8 Å². The standard InChI is InChI=1S/C13H17NO3/c1-17-11-7-9-5-3-2-4-8(9)6-10(11)12(14)13(15)16/h6-7,12H,2-5,14H2,1H3,(H,15,16)/t12-/m0/s1. The fraction of sp³-hybridized carbons (Fsp3) is 0.462. The third kappa shape index (κ3) is 2.26. The molecule has 0 saturated carbocycles. The third-order valence-electron chi connectivity index (χ3n) is 3.30. The molecule has 17 heavy (non-hydrogen) atoms. The van der Waals surface area contributed by atoms with Crippen molar-refractivity contribution in [3.63, 3.8) is 0 Å². The number of carboxylic acid groups (broad SMARTS) is 1. The summed E-state index contributed by atoms with van der Waals surface area (Å²) in [5.41, 5.74) is 8.71. The highest BCUT2D eigenvalue weighted by Gasteiger charge is 2.22. The maximum Gasteiger partial charge on any atom is 0.325 e. The molecule has 0 aliphatic heterocycles. The molecule has 4 nitrogen and oxygen atoms in total. The van der Waals surface area contributed by atoms with Gasteiger partial charge in [0.25, 0.3) is 0 Å². The Kier molecular flexibility index (Phi) is 3.33. The first-order valence-electron chi connectivity index (χ1n) is 5.81.